The van der Waals surface area contributed by atoms with Crippen LogP contribution in [-0.4, -0.2) is 62.8 Å². The number of hydrogen-bond donors (Lipinski definition) is 2. The molecule has 3 N–H and O–H groups in total. The maximum Gasteiger partial charge on any atom is 0.225 e. The minimum absolute atomic E-state index is 0.0478. The summed E-state index contributed by atoms with van der Waals surface area (Å²) in [5.74, 6) is 1.03. The molecule has 9 nitrogen and oxygen atoms in total. The summed E-state index contributed by atoms with van der Waals surface area (Å²) in [6, 6.07) is 10.00. The van der Waals surface area contributed by atoms with E-state index in [-0.39, 0.29) is 24.0 Å². The highest BCUT2D eigenvalue weighted by Gasteiger charge is 2.42. The molecule has 1 aromatic carbocycles. The Hall–Kier alpha value is -3.20. The number of carbonyl (C=O) groups excluding carboxylic acids is 1. The Morgan fingerprint density at radius 3 is 2.93 bits per heavy atom. The molecule has 1 amide bonds. The summed E-state index contributed by atoms with van der Waals surface area (Å²) in [6.07, 6.45) is 2.03. The average Bonchev–Trinajstić information content (AvgIpc) is 3.30. The lowest BCUT2D eigenvalue weighted by atomic mass is 10.1. The van der Waals surface area contributed by atoms with Crippen LogP contribution in [-0.2, 0) is 16.1 Å². The van der Waals surface area contributed by atoms with E-state index in [2.05, 4.69) is 25.1 Å². The number of amides is 1. The third-order valence-electron chi connectivity index (χ3n) is 5.41. The normalized spacial score (nSPS) is 22.5. The minimum Gasteiger partial charge on any atom is -0.374 e. The van der Waals surface area contributed by atoms with Crippen LogP contribution in [0.15, 0.2) is 36.5 Å². The summed E-state index contributed by atoms with van der Waals surface area (Å²) in [6.45, 7) is 2.27. The zero-order chi connectivity index (χ0) is 19.1. The van der Waals surface area contributed by atoms with E-state index in [1.165, 1.54) is 0 Å². The van der Waals surface area contributed by atoms with Crippen molar-refractivity contribution in [3.8, 4) is 0 Å². The SMILES string of the molecule is Nc1nc(N2C[C@@H]3OCCC(=O)N(Cc4ccccc4)[C@H]3C2)c2cn[nH]c2n1. The Bertz CT molecular complexity index is 1010. The van der Waals surface area contributed by atoms with E-state index in [9.17, 15) is 4.79 Å². The van der Waals surface area contributed by atoms with E-state index in [0.717, 1.165) is 16.8 Å². The van der Waals surface area contributed by atoms with Crippen LogP contribution in [0.25, 0.3) is 11.0 Å². The number of nitrogens with two attached hydrogens (primary N) is 1. The van der Waals surface area contributed by atoms with Gasteiger partial charge in [-0.05, 0) is 5.56 Å². The van der Waals surface area contributed by atoms with E-state index in [4.69, 9.17) is 10.5 Å². The van der Waals surface area contributed by atoms with Crippen LogP contribution >= 0.6 is 0 Å². The Kier molecular flexibility index (Phi) is 4.09. The van der Waals surface area contributed by atoms with Crippen LogP contribution in [0.5, 0.6) is 0 Å². The number of nitrogen functional groups attached to an aromatic ring is 1. The Balaban J connectivity index is 1.46. The summed E-state index contributed by atoms with van der Waals surface area (Å²) in [4.78, 5) is 25.5. The third-order valence-corrected chi connectivity index (χ3v) is 5.41. The molecule has 0 spiro atoms. The number of nitrogens with zero attached hydrogens (tertiary/aromatic N) is 5. The Labute approximate surface area is 161 Å². The first-order chi connectivity index (χ1) is 13.7. The topological polar surface area (TPSA) is 113 Å². The molecule has 2 aliphatic heterocycles. The molecule has 2 aromatic heterocycles. The highest BCUT2D eigenvalue weighted by Crippen LogP contribution is 2.31. The van der Waals surface area contributed by atoms with Crippen LogP contribution in [0.2, 0.25) is 0 Å². The monoisotopic (exact) mass is 379 g/mol. The number of carbonyl (C=O) groups is 1. The smallest absolute Gasteiger partial charge is 0.225 e. The van der Waals surface area contributed by atoms with Crippen molar-refractivity contribution in [3.05, 3.63) is 42.1 Å². The van der Waals surface area contributed by atoms with E-state index in [1.54, 1.807) is 6.20 Å². The second kappa shape index (κ2) is 6.75. The lowest BCUT2D eigenvalue weighted by Crippen LogP contribution is -2.45. The zero-order valence-corrected chi connectivity index (χ0v) is 15.3. The molecule has 28 heavy (non-hydrogen) atoms. The number of nitrogens with one attached hydrogen (secondary N) is 1. The van der Waals surface area contributed by atoms with Gasteiger partial charge in [0.05, 0.1) is 36.8 Å². The maximum absolute atomic E-state index is 12.8. The molecule has 2 saturated heterocycles. The van der Waals surface area contributed by atoms with Gasteiger partial charge in [-0.15, -0.1) is 0 Å². The minimum atomic E-state index is -0.0756. The summed E-state index contributed by atoms with van der Waals surface area (Å²) in [5, 5.41) is 7.71. The van der Waals surface area contributed by atoms with Gasteiger partial charge in [0, 0.05) is 19.6 Å². The van der Waals surface area contributed by atoms with Crippen molar-refractivity contribution in [2.24, 2.45) is 0 Å². The lowest BCUT2D eigenvalue weighted by Gasteiger charge is -2.29. The van der Waals surface area contributed by atoms with Crippen LogP contribution in [0, 0.1) is 0 Å². The fraction of sp³-hybridized carbons (Fsp3) is 0.368. The molecule has 2 aliphatic rings. The Morgan fingerprint density at radius 1 is 1.21 bits per heavy atom. The molecular weight excluding hydrogens is 358 g/mol. The molecule has 2 fully saturated rings. The van der Waals surface area contributed by atoms with Crippen molar-refractivity contribution in [1.82, 2.24) is 25.1 Å². The van der Waals surface area contributed by atoms with Crippen molar-refractivity contribution in [1.29, 1.82) is 0 Å². The van der Waals surface area contributed by atoms with Crippen LogP contribution in [0.4, 0.5) is 11.8 Å². The molecule has 3 aromatic rings. The summed E-state index contributed by atoms with van der Waals surface area (Å²) < 4.78 is 6.04. The number of aromatic nitrogens is 4. The number of ether oxygens (including phenoxy) is 1. The molecular formula is C19H21N7O2. The molecule has 0 radical (unpaired) electrons. The second-order valence-electron chi connectivity index (χ2n) is 7.18. The molecule has 2 atom stereocenters. The van der Waals surface area contributed by atoms with Gasteiger partial charge in [-0.3, -0.25) is 9.89 Å². The highest BCUT2D eigenvalue weighted by atomic mass is 16.5. The molecule has 144 valence electrons. The van der Waals surface area contributed by atoms with Gasteiger partial charge in [0.1, 0.15) is 5.82 Å². The summed E-state index contributed by atoms with van der Waals surface area (Å²) >= 11 is 0. The number of fused-ring (bicyclic) bond motifs is 2. The fourth-order valence-electron chi connectivity index (χ4n) is 4.08. The largest absolute Gasteiger partial charge is 0.374 e. The number of hydrogen-bond acceptors (Lipinski definition) is 7. The molecule has 5 rings (SSSR count). The standard InChI is InChI=1S/C19H21N7O2/c20-19-22-17-13(8-21-24-17)18(23-19)25-10-14-15(11-25)28-7-6-16(27)26(14)9-12-4-2-1-3-5-12/h1-5,8,14-15H,6-7,9-11H2,(H3,20,21,22,23,24)/t14-,15-/m0/s1. The summed E-state index contributed by atoms with van der Waals surface area (Å²) in [7, 11) is 0. The molecule has 0 aliphatic carbocycles. The molecule has 0 saturated carbocycles. The number of aromatic amines is 1. The van der Waals surface area contributed by atoms with Gasteiger partial charge in [-0.1, -0.05) is 30.3 Å². The van der Waals surface area contributed by atoms with Gasteiger partial charge in [0.25, 0.3) is 0 Å². The lowest BCUT2D eigenvalue weighted by molar-refractivity contribution is -0.133. The first-order valence-corrected chi connectivity index (χ1v) is 9.35. The quantitative estimate of drug-likeness (QED) is 0.696. The molecule has 0 bridgehead atoms. The summed E-state index contributed by atoms with van der Waals surface area (Å²) in [5.41, 5.74) is 7.60. The van der Waals surface area contributed by atoms with Crippen LogP contribution < -0.4 is 10.6 Å². The first kappa shape index (κ1) is 16.9. The van der Waals surface area contributed by atoms with Gasteiger partial charge in [0.2, 0.25) is 11.9 Å². The van der Waals surface area contributed by atoms with E-state index in [1.807, 2.05) is 35.2 Å². The van der Waals surface area contributed by atoms with Gasteiger partial charge in [-0.25, -0.2) is 0 Å². The van der Waals surface area contributed by atoms with E-state index < -0.39 is 0 Å². The predicted molar refractivity (Wildman–Crippen MR) is 103 cm³/mol. The Morgan fingerprint density at radius 2 is 2.07 bits per heavy atom. The fourth-order valence-corrected chi connectivity index (χ4v) is 4.08. The van der Waals surface area contributed by atoms with Crippen molar-refractivity contribution in [2.45, 2.75) is 25.1 Å². The molecule has 9 heteroatoms. The van der Waals surface area contributed by atoms with Gasteiger partial charge in [0.15, 0.2) is 5.65 Å². The van der Waals surface area contributed by atoms with Gasteiger partial charge < -0.3 is 20.3 Å². The van der Waals surface area contributed by atoms with Crippen molar-refractivity contribution >= 4 is 28.7 Å². The van der Waals surface area contributed by atoms with Gasteiger partial charge in [-0.2, -0.15) is 15.1 Å². The third kappa shape index (κ3) is 2.93. The van der Waals surface area contributed by atoms with E-state index >= 15 is 0 Å². The van der Waals surface area contributed by atoms with Gasteiger partial charge >= 0.3 is 0 Å². The van der Waals surface area contributed by atoms with E-state index in [0.29, 0.717) is 38.3 Å². The average molecular weight is 379 g/mol. The molecule has 4 heterocycles. The number of rotatable bonds is 3. The maximum atomic E-state index is 12.8. The predicted octanol–water partition coefficient (Wildman–Crippen LogP) is 0.941. The van der Waals surface area contributed by atoms with Crippen molar-refractivity contribution < 1.29 is 9.53 Å². The molecule has 0 unspecified atom stereocenters. The first-order valence-electron chi connectivity index (χ1n) is 9.35. The number of H-pyrrole nitrogens is 1. The number of benzene rings is 1. The number of anilines is 2. The van der Waals surface area contributed by atoms with Crippen LogP contribution in [0.1, 0.15) is 12.0 Å². The van der Waals surface area contributed by atoms with Crippen molar-refractivity contribution in [2.75, 3.05) is 30.3 Å². The zero-order valence-electron chi connectivity index (χ0n) is 15.3. The van der Waals surface area contributed by atoms with Crippen molar-refractivity contribution in [3.63, 3.8) is 0 Å². The van der Waals surface area contributed by atoms with Crippen LogP contribution in [0.3, 0.4) is 0 Å². The highest BCUT2D eigenvalue weighted by molar-refractivity contribution is 5.87. The second-order valence-corrected chi connectivity index (χ2v) is 7.18.